The second kappa shape index (κ2) is 5.98. The zero-order valence-corrected chi connectivity index (χ0v) is 10.6. The fraction of sp³-hybridized carbons (Fsp3) is 0.455. The number of hydrogen-bond acceptors (Lipinski definition) is 2. The van der Waals surface area contributed by atoms with Crippen LogP contribution in [0.25, 0.3) is 0 Å². The molecule has 17 heavy (non-hydrogen) atoms. The van der Waals surface area contributed by atoms with Crippen molar-refractivity contribution in [3.63, 3.8) is 0 Å². The van der Waals surface area contributed by atoms with Crippen molar-refractivity contribution in [1.29, 1.82) is 0 Å². The summed E-state index contributed by atoms with van der Waals surface area (Å²) in [5, 5.41) is 3.22. The van der Waals surface area contributed by atoms with Crippen molar-refractivity contribution >= 4 is 24.2 Å². The molecular formula is C11H13ClF3NS. The number of hydrogen-bond donors (Lipinski definition) is 1. The van der Waals surface area contributed by atoms with E-state index in [0.29, 0.717) is 4.90 Å². The monoisotopic (exact) mass is 283 g/mol. The molecule has 1 heterocycles. The average molecular weight is 284 g/mol. The van der Waals surface area contributed by atoms with Crippen LogP contribution in [0, 0.1) is 0 Å². The number of nitrogens with one attached hydrogen (secondary N) is 1. The molecule has 1 aliphatic heterocycles. The molecule has 1 N–H and O–H groups in total. The Morgan fingerprint density at radius 3 is 2.53 bits per heavy atom. The predicted molar refractivity (Wildman–Crippen MR) is 65.6 cm³/mol. The van der Waals surface area contributed by atoms with Gasteiger partial charge in [0.25, 0.3) is 0 Å². The van der Waals surface area contributed by atoms with Crippen molar-refractivity contribution in [3.8, 4) is 0 Å². The van der Waals surface area contributed by atoms with E-state index in [-0.39, 0.29) is 30.2 Å². The van der Waals surface area contributed by atoms with Gasteiger partial charge in [0.05, 0.1) is 0 Å². The molecule has 1 saturated heterocycles. The van der Waals surface area contributed by atoms with Gasteiger partial charge < -0.3 is 5.32 Å². The van der Waals surface area contributed by atoms with Gasteiger partial charge in [-0.1, -0.05) is 18.2 Å². The minimum absolute atomic E-state index is 0. The molecule has 1 aliphatic rings. The van der Waals surface area contributed by atoms with Crippen molar-refractivity contribution in [2.24, 2.45) is 0 Å². The van der Waals surface area contributed by atoms with Crippen LogP contribution < -0.4 is 5.32 Å². The normalized spacial score (nSPS) is 20.1. The van der Waals surface area contributed by atoms with Crippen LogP contribution in [0.1, 0.15) is 24.4 Å². The first-order valence-corrected chi connectivity index (χ1v) is 5.96. The van der Waals surface area contributed by atoms with E-state index >= 15 is 0 Å². The van der Waals surface area contributed by atoms with E-state index in [4.69, 9.17) is 0 Å². The lowest BCUT2D eigenvalue weighted by Gasteiger charge is -2.16. The Morgan fingerprint density at radius 1 is 1.24 bits per heavy atom. The highest BCUT2D eigenvalue weighted by Gasteiger charge is 2.31. The molecule has 0 bridgehead atoms. The predicted octanol–water partition coefficient (Wildman–Crippen LogP) is 4.14. The van der Waals surface area contributed by atoms with E-state index in [9.17, 15) is 13.2 Å². The molecule has 1 atom stereocenters. The van der Waals surface area contributed by atoms with Gasteiger partial charge in [-0.05, 0) is 42.8 Å². The van der Waals surface area contributed by atoms with E-state index < -0.39 is 5.51 Å². The van der Waals surface area contributed by atoms with Crippen molar-refractivity contribution in [1.82, 2.24) is 5.32 Å². The van der Waals surface area contributed by atoms with Gasteiger partial charge in [-0.3, -0.25) is 0 Å². The average Bonchev–Trinajstić information content (AvgIpc) is 2.69. The Bertz CT molecular complexity index is 364. The minimum atomic E-state index is -4.21. The fourth-order valence-electron chi connectivity index (χ4n) is 1.94. The van der Waals surface area contributed by atoms with Crippen LogP contribution in [0.3, 0.4) is 0 Å². The van der Waals surface area contributed by atoms with E-state index in [1.807, 2.05) is 0 Å². The Kier molecular flexibility index (Phi) is 5.16. The van der Waals surface area contributed by atoms with Crippen LogP contribution in [0.2, 0.25) is 0 Å². The van der Waals surface area contributed by atoms with Crippen LogP contribution >= 0.6 is 24.2 Å². The van der Waals surface area contributed by atoms with Crippen LogP contribution in [0.4, 0.5) is 13.2 Å². The quantitative estimate of drug-likeness (QED) is 0.819. The summed E-state index contributed by atoms with van der Waals surface area (Å²) < 4.78 is 37.1. The van der Waals surface area contributed by atoms with E-state index in [2.05, 4.69) is 5.32 Å². The zero-order valence-electron chi connectivity index (χ0n) is 8.96. The SMILES string of the molecule is Cl.FC(F)(F)Sc1ccccc1[C@@H]1CCCN1. The van der Waals surface area contributed by atoms with Gasteiger partial charge in [0.2, 0.25) is 0 Å². The number of benzene rings is 1. The molecule has 1 nitrogen and oxygen atoms in total. The second-order valence-corrected chi connectivity index (χ2v) is 4.84. The first kappa shape index (κ1) is 14.7. The minimum Gasteiger partial charge on any atom is -0.310 e. The summed E-state index contributed by atoms with van der Waals surface area (Å²) in [5.74, 6) is 0. The van der Waals surface area contributed by atoms with Crippen LogP contribution in [0.15, 0.2) is 29.2 Å². The highest BCUT2D eigenvalue weighted by molar-refractivity contribution is 8.00. The molecule has 0 radical (unpaired) electrons. The maximum Gasteiger partial charge on any atom is 0.446 e. The summed E-state index contributed by atoms with van der Waals surface area (Å²) in [6.07, 6.45) is 1.94. The van der Waals surface area contributed by atoms with E-state index in [1.165, 1.54) is 6.07 Å². The van der Waals surface area contributed by atoms with Gasteiger partial charge in [-0.2, -0.15) is 13.2 Å². The number of alkyl halides is 3. The standard InChI is InChI=1S/C11H12F3NS.ClH/c12-11(13,14)16-10-6-2-1-4-8(10)9-5-3-7-15-9;/h1-2,4,6,9,15H,3,5,7H2;1H/t9-;/m0./s1. The third-order valence-electron chi connectivity index (χ3n) is 2.58. The highest BCUT2D eigenvalue weighted by atomic mass is 35.5. The van der Waals surface area contributed by atoms with Crippen LogP contribution in [-0.2, 0) is 0 Å². The highest BCUT2D eigenvalue weighted by Crippen LogP contribution is 2.41. The van der Waals surface area contributed by atoms with Crippen LogP contribution in [0.5, 0.6) is 0 Å². The van der Waals surface area contributed by atoms with Crippen molar-refractivity contribution in [3.05, 3.63) is 29.8 Å². The topological polar surface area (TPSA) is 12.0 Å². The van der Waals surface area contributed by atoms with Crippen molar-refractivity contribution < 1.29 is 13.2 Å². The van der Waals surface area contributed by atoms with Crippen molar-refractivity contribution in [2.45, 2.75) is 29.3 Å². The van der Waals surface area contributed by atoms with E-state index in [0.717, 1.165) is 24.9 Å². The molecule has 0 spiro atoms. The molecule has 1 fully saturated rings. The van der Waals surface area contributed by atoms with Crippen molar-refractivity contribution in [2.75, 3.05) is 6.54 Å². The lowest BCUT2D eigenvalue weighted by Crippen LogP contribution is -2.14. The molecule has 0 unspecified atom stereocenters. The molecule has 0 aromatic heterocycles. The molecule has 1 aromatic rings. The largest absolute Gasteiger partial charge is 0.446 e. The summed E-state index contributed by atoms with van der Waals surface area (Å²) in [4.78, 5) is 0.314. The second-order valence-electron chi connectivity index (χ2n) is 3.73. The summed E-state index contributed by atoms with van der Waals surface area (Å²) in [7, 11) is 0. The maximum atomic E-state index is 12.4. The van der Waals surface area contributed by atoms with Gasteiger partial charge in [-0.25, -0.2) is 0 Å². The summed E-state index contributed by atoms with van der Waals surface area (Å²) in [6.45, 7) is 0.885. The number of halogens is 4. The molecule has 6 heteroatoms. The summed E-state index contributed by atoms with van der Waals surface area (Å²) in [5.41, 5.74) is -3.45. The fourth-order valence-corrected chi connectivity index (χ4v) is 2.66. The van der Waals surface area contributed by atoms with Gasteiger partial charge >= 0.3 is 5.51 Å². The first-order valence-electron chi connectivity index (χ1n) is 5.14. The molecule has 2 rings (SSSR count). The van der Waals surface area contributed by atoms with Gasteiger partial charge in [0.15, 0.2) is 0 Å². The molecule has 0 amide bonds. The Hall–Kier alpha value is -0.390. The van der Waals surface area contributed by atoms with Crippen LogP contribution in [-0.4, -0.2) is 12.1 Å². The summed E-state index contributed by atoms with van der Waals surface area (Å²) in [6, 6.07) is 6.82. The Balaban J connectivity index is 0.00000144. The lowest BCUT2D eigenvalue weighted by molar-refractivity contribution is -0.0328. The first-order chi connectivity index (χ1) is 7.56. The van der Waals surface area contributed by atoms with Gasteiger partial charge in [0.1, 0.15) is 0 Å². The molecule has 0 aliphatic carbocycles. The number of rotatable bonds is 2. The molecule has 96 valence electrons. The van der Waals surface area contributed by atoms with Gasteiger partial charge in [-0.15, -0.1) is 12.4 Å². The van der Waals surface area contributed by atoms with E-state index in [1.54, 1.807) is 18.2 Å². The smallest absolute Gasteiger partial charge is 0.310 e. The lowest BCUT2D eigenvalue weighted by atomic mass is 10.1. The van der Waals surface area contributed by atoms with Gasteiger partial charge in [0, 0.05) is 10.9 Å². The molecule has 0 saturated carbocycles. The zero-order chi connectivity index (χ0) is 11.6. The third kappa shape index (κ3) is 4.08. The Morgan fingerprint density at radius 2 is 1.94 bits per heavy atom. The maximum absolute atomic E-state index is 12.4. The molecular weight excluding hydrogens is 271 g/mol. The molecule has 1 aromatic carbocycles. The third-order valence-corrected chi connectivity index (χ3v) is 3.40. The summed E-state index contributed by atoms with van der Waals surface area (Å²) >= 11 is -0.0258. The Labute approximate surface area is 109 Å². The number of thioether (sulfide) groups is 1.